The fraction of sp³-hybridized carbons (Fsp3) is 0.733. The molecule has 3 rings (SSSR count). The maximum atomic E-state index is 12.3. The topological polar surface area (TPSA) is 46.9 Å². The van der Waals surface area contributed by atoms with E-state index >= 15 is 0 Å². The molecule has 1 spiro atoms. The third kappa shape index (κ3) is 1.97. The number of nitrogens with zero attached hydrogens (tertiary/aromatic N) is 2. The summed E-state index contributed by atoms with van der Waals surface area (Å²) in [6, 6.07) is 2.10. The molecular weight excluding hydrogens is 238 g/mol. The largest absolute Gasteiger partial charge is 0.355 e. The second kappa shape index (κ2) is 4.66. The maximum absolute atomic E-state index is 12.3. The van der Waals surface area contributed by atoms with Crippen LogP contribution in [0.2, 0.25) is 0 Å². The van der Waals surface area contributed by atoms with E-state index in [4.69, 9.17) is 0 Å². The highest BCUT2D eigenvalue weighted by Crippen LogP contribution is 2.51. The third-order valence-electron chi connectivity index (χ3n) is 4.73. The molecule has 1 aromatic rings. The molecule has 19 heavy (non-hydrogen) atoms. The predicted octanol–water partition coefficient (Wildman–Crippen LogP) is 2.31. The molecule has 1 saturated heterocycles. The summed E-state index contributed by atoms with van der Waals surface area (Å²) in [5.41, 5.74) is 1.10. The minimum absolute atomic E-state index is 0.144. The van der Waals surface area contributed by atoms with Crippen molar-refractivity contribution in [3.63, 3.8) is 0 Å². The summed E-state index contributed by atoms with van der Waals surface area (Å²) in [5, 5.41) is 7.55. The average molecular weight is 261 g/mol. The van der Waals surface area contributed by atoms with Crippen molar-refractivity contribution in [3.05, 3.63) is 18.0 Å². The molecule has 104 valence electrons. The van der Waals surface area contributed by atoms with Crippen LogP contribution >= 0.6 is 0 Å². The van der Waals surface area contributed by atoms with Crippen LogP contribution in [0.5, 0.6) is 0 Å². The Kier molecular flexibility index (Phi) is 3.11. The molecule has 0 unspecified atom stereocenters. The zero-order valence-corrected chi connectivity index (χ0v) is 11.9. The van der Waals surface area contributed by atoms with Crippen LogP contribution in [0, 0.1) is 11.3 Å². The van der Waals surface area contributed by atoms with Gasteiger partial charge in [0.15, 0.2) is 0 Å². The molecule has 2 heterocycles. The van der Waals surface area contributed by atoms with Crippen molar-refractivity contribution in [3.8, 4) is 0 Å². The molecule has 1 aromatic heterocycles. The van der Waals surface area contributed by atoms with E-state index in [2.05, 4.69) is 35.0 Å². The Morgan fingerprint density at radius 3 is 2.89 bits per heavy atom. The van der Waals surface area contributed by atoms with Gasteiger partial charge in [0.05, 0.1) is 5.41 Å². The molecule has 2 fully saturated rings. The lowest BCUT2D eigenvalue weighted by Gasteiger charge is -2.28. The Bertz CT molecular complexity index is 471. The van der Waals surface area contributed by atoms with Gasteiger partial charge in [0.1, 0.15) is 0 Å². The van der Waals surface area contributed by atoms with E-state index in [-0.39, 0.29) is 11.3 Å². The summed E-state index contributed by atoms with van der Waals surface area (Å²) in [4.78, 5) is 12.3. The molecular formula is C15H23N3O. The van der Waals surface area contributed by atoms with Crippen LogP contribution in [0.3, 0.4) is 0 Å². The van der Waals surface area contributed by atoms with Gasteiger partial charge in [-0.3, -0.25) is 9.48 Å². The van der Waals surface area contributed by atoms with Gasteiger partial charge in [-0.25, -0.2) is 0 Å². The molecule has 1 aliphatic heterocycles. The number of rotatable bonds is 3. The molecule has 4 nitrogen and oxygen atoms in total. The van der Waals surface area contributed by atoms with Gasteiger partial charge in [-0.2, -0.15) is 5.10 Å². The number of carbonyl (C=O) groups is 1. The fourth-order valence-electron chi connectivity index (χ4n) is 3.83. The monoisotopic (exact) mass is 261 g/mol. The van der Waals surface area contributed by atoms with Gasteiger partial charge in [-0.15, -0.1) is 0 Å². The van der Waals surface area contributed by atoms with E-state index < -0.39 is 0 Å². The van der Waals surface area contributed by atoms with Gasteiger partial charge < -0.3 is 5.32 Å². The van der Waals surface area contributed by atoms with Crippen LogP contribution in [0.15, 0.2) is 12.3 Å². The lowest BCUT2D eigenvalue weighted by atomic mass is 9.74. The van der Waals surface area contributed by atoms with E-state index in [1.165, 1.54) is 18.5 Å². The second-order valence-corrected chi connectivity index (χ2v) is 6.46. The van der Waals surface area contributed by atoms with Crippen LogP contribution in [0.4, 0.5) is 0 Å². The predicted molar refractivity (Wildman–Crippen MR) is 73.7 cm³/mol. The summed E-state index contributed by atoms with van der Waals surface area (Å²) in [7, 11) is 0. The summed E-state index contributed by atoms with van der Waals surface area (Å²) in [6.07, 6.45) is 6.32. The van der Waals surface area contributed by atoms with Crippen molar-refractivity contribution in [2.24, 2.45) is 11.3 Å². The lowest BCUT2D eigenvalue weighted by molar-refractivity contribution is -0.127. The molecule has 1 amide bonds. The number of aromatic nitrogens is 2. The van der Waals surface area contributed by atoms with E-state index in [0.717, 1.165) is 25.9 Å². The van der Waals surface area contributed by atoms with E-state index in [1.807, 2.05) is 6.20 Å². The Balaban J connectivity index is 1.93. The standard InChI is InChI=1S/C15H23N3O/c1-11(2)10-18-13(5-8-17-18)12-9-16-14(19)15(12)6-3-4-7-15/h5,8,11-12H,3-4,6-7,9-10H2,1-2H3,(H,16,19)/t12-/m0/s1. The van der Waals surface area contributed by atoms with Crippen molar-refractivity contribution >= 4 is 5.91 Å². The van der Waals surface area contributed by atoms with Crippen LogP contribution < -0.4 is 5.32 Å². The minimum atomic E-state index is -0.144. The van der Waals surface area contributed by atoms with Crippen LogP contribution in [0.1, 0.15) is 51.1 Å². The highest BCUT2D eigenvalue weighted by Gasteiger charge is 2.52. The molecule has 1 N–H and O–H groups in total. The van der Waals surface area contributed by atoms with Gasteiger partial charge in [-0.05, 0) is 24.8 Å². The van der Waals surface area contributed by atoms with E-state index in [9.17, 15) is 4.79 Å². The van der Waals surface area contributed by atoms with Crippen LogP contribution in [-0.4, -0.2) is 22.2 Å². The Hall–Kier alpha value is -1.32. The molecule has 1 aliphatic carbocycles. The van der Waals surface area contributed by atoms with Crippen molar-refractivity contribution in [1.82, 2.24) is 15.1 Å². The fourth-order valence-corrected chi connectivity index (χ4v) is 3.83. The Morgan fingerprint density at radius 1 is 1.47 bits per heavy atom. The molecule has 0 bridgehead atoms. The van der Waals surface area contributed by atoms with Crippen LogP contribution in [-0.2, 0) is 11.3 Å². The van der Waals surface area contributed by atoms with Crippen molar-refractivity contribution in [1.29, 1.82) is 0 Å². The highest BCUT2D eigenvalue weighted by atomic mass is 16.2. The summed E-state index contributed by atoms with van der Waals surface area (Å²) in [5.74, 6) is 1.15. The summed E-state index contributed by atoms with van der Waals surface area (Å²) in [6.45, 7) is 6.12. The minimum Gasteiger partial charge on any atom is -0.355 e. The number of carbonyl (C=O) groups excluding carboxylic acids is 1. The van der Waals surface area contributed by atoms with Gasteiger partial charge >= 0.3 is 0 Å². The second-order valence-electron chi connectivity index (χ2n) is 6.46. The highest BCUT2D eigenvalue weighted by molar-refractivity contribution is 5.86. The Labute approximate surface area is 114 Å². The summed E-state index contributed by atoms with van der Waals surface area (Å²) >= 11 is 0. The summed E-state index contributed by atoms with van der Waals surface area (Å²) < 4.78 is 2.11. The van der Waals surface area contributed by atoms with Gasteiger partial charge in [0.25, 0.3) is 0 Å². The molecule has 0 radical (unpaired) electrons. The van der Waals surface area contributed by atoms with Gasteiger partial charge in [0, 0.05) is 30.9 Å². The number of nitrogens with one attached hydrogen (secondary N) is 1. The number of hydrogen-bond acceptors (Lipinski definition) is 2. The number of hydrogen-bond donors (Lipinski definition) is 1. The smallest absolute Gasteiger partial charge is 0.226 e. The zero-order chi connectivity index (χ0) is 13.5. The molecule has 4 heteroatoms. The molecule has 1 atom stereocenters. The molecule has 0 aromatic carbocycles. The first kappa shape index (κ1) is 12.7. The van der Waals surface area contributed by atoms with E-state index in [0.29, 0.717) is 11.8 Å². The first-order chi connectivity index (χ1) is 9.13. The van der Waals surface area contributed by atoms with Crippen molar-refractivity contribution in [2.45, 2.75) is 52.0 Å². The van der Waals surface area contributed by atoms with Crippen molar-refractivity contribution < 1.29 is 4.79 Å². The maximum Gasteiger partial charge on any atom is 0.226 e. The number of amides is 1. The Morgan fingerprint density at radius 2 is 2.21 bits per heavy atom. The van der Waals surface area contributed by atoms with Crippen LogP contribution in [0.25, 0.3) is 0 Å². The molecule has 1 saturated carbocycles. The first-order valence-corrected chi connectivity index (χ1v) is 7.43. The average Bonchev–Trinajstić information content (AvgIpc) is 3.04. The van der Waals surface area contributed by atoms with E-state index in [1.54, 1.807) is 0 Å². The normalized spacial score (nSPS) is 25.4. The molecule has 2 aliphatic rings. The first-order valence-electron chi connectivity index (χ1n) is 7.43. The lowest BCUT2D eigenvalue weighted by Crippen LogP contribution is -2.32. The third-order valence-corrected chi connectivity index (χ3v) is 4.73. The zero-order valence-electron chi connectivity index (χ0n) is 11.9. The SMILES string of the molecule is CC(C)Cn1nccc1[C@@H]1CNC(=O)C12CCCC2. The van der Waals surface area contributed by atoms with Crippen molar-refractivity contribution in [2.75, 3.05) is 6.54 Å². The van der Waals surface area contributed by atoms with Gasteiger partial charge in [0.2, 0.25) is 5.91 Å². The van der Waals surface area contributed by atoms with Gasteiger partial charge in [-0.1, -0.05) is 26.7 Å². The quantitative estimate of drug-likeness (QED) is 0.907.